The lowest BCUT2D eigenvalue weighted by Crippen LogP contribution is -2.52. The fraction of sp³-hybridized carbons (Fsp3) is 0.667. The molecule has 28 heavy (non-hydrogen) atoms. The van der Waals surface area contributed by atoms with Crippen molar-refractivity contribution in [3.63, 3.8) is 0 Å². The number of benzene rings is 1. The lowest BCUT2D eigenvalue weighted by atomic mass is 9.92. The Labute approximate surface area is 166 Å². The number of sulfonamides is 1. The lowest BCUT2D eigenvalue weighted by Gasteiger charge is -2.38. The van der Waals surface area contributed by atoms with Crippen molar-refractivity contribution in [2.75, 3.05) is 40.0 Å². The average Bonchev–Trinajstić information content (AvgIpc) is 2.71. The Kier molecular flexibility index (Phi) is 8.17. The highest BCUT2D eigenvalue weighted by molar-refractivity contribution is 7.89. The minimum absolute atomic E-state index is 0.0205. The summed E-state index contributed by atoms with van der Waals surface area (Å²) in [6, 6.07) is 3.69. The Bertz CT molecular complexity index is 761. The van der Waals surface area contributed by atoms with Crippen LogP contribution in [0.25, 0.3) is 0 Å². The number of hydrogen-bond donors (Lipinski definition) is 1. The summed E-state index contributed by atoms with van der Waals surface area (Å²) in [7, 11) is -2.59. The van der Waals surface area contributed by atoms with E-state index in [1.54, 1.807) is 0 Å². The van der Waals surface area contributed by atoms with E-state index in [-0.39, 0.29) is 28.9 Å². The molecule has 0 aliphatic carbocycles. The van der Waals surface area contributed by atoms with Crippen LogP contribution >= 0.6 is 0 Å². The summed E-state index contributed by atoms with van der Waals surface area (Å²) in [5.41, 5.74) is -0.380. The summed E-state index contributed by atoms with van der Waals surface area (Å²) in [4.78, 5) is 12.7. The standard InChI is InChI=1S/C18H29N3O6S/c1-4-14(5-2)17(20-8-10-27-11-9-20)13-19-28(24,25)15-6-7-18(26-3)16(12-15)21(22)23/h6-7,12,14,17,19H,4-5,8-11,13H2,1-3H3. The van der Waals surface area contributed by atoms with Gasteiger partial charge in [-0.25, -0.2) is 13.1 Å². The Morgan fingerprint density at radius 3 is 2.46 bits per heavy atom. The normalized spacial score (nSPS) is 16.9. The van der Waals surface area contributed by atoms with Gasteiger partial charge in [0.25, 0.3) is 0 Å². The molecule has 1 aromatic rings. The zero-order chi connectivity index (χ0) is 20.7. The van der Waals surface area contributed by atoms with Gasteiger partial charge in [-0.05, 0) is 18.1 Å². The number of ether oxygens (including phenoxy) is 2. The highest BCUT2D eigenvalue weighted by atomic mass is 32.2. The summed E-state index contributed by atoms with van der Waals surface area (Å²) >= 11 is 0. The summed E-state index contributed by atoms with van der Waals surface area (Å²) in [6.45, 7) is 7.23. The molecule has 0 aromatic heterocycles. The molecular weight excluding hydrogens is 386 g/mol. The first kappa shape index (κ1) is 22.5. The van der Waals surface area contributed by atoms with E-state index in [0.717, 1.165) is 32.0 Å². The highest BCUT2D eigenvalue weighted by Gasteiger charge is 2.29. The fourth-order valence-electron chi connectivity index (χ4n) is 3.59. The van der Waals surface area contributed by atoms with Gasteiger partial charge in [0.05, 0.1) is 30.1 Å². The lowest BCUT2D eigenvalue weighted by molar-refractivity contribution is -0.386. The molecule has 10 heteroatoms. The Morgan fingerprint density at radius 1 is 1.29 bits per heavy atom. The van der Waals surface area contributed by atoms with Gasteiger partial charge < -0.3 is 9.47 Å². The van der Waals surface area contributed by atoms with Crippen LogP contribution in [0.5, 0.6) is 5.75 Å². The van der Waals surface area contributed by atoms with E-state index in [9.17, 15) is 18.5 Å². The Hall–Kier alpha value is -1.75. The summed E-state index contributed by atoms with van der Waals surface area (Å²) in [6.07, 6.45) is 1.88. The smallest absolute Gasteiger partial charge is 0.312 e. The molecule has 1 saturated heterocycles. The summed E-state index contributed by atoms with van der Waals surface area (Å²) in [5, 5.41) is 11.2. The molecule has 0 amide bonds. The van der Waals surface area contributed by atoms with Gasteiger partial charge in [0.15, 0.2) is 5.75 Å². The van der Waals surface area contributed by atoms with Crippen LogP contribution in [0.2, 0.25) is 0 Å². The van der Waals surface area contributed by atoms with Gasteiger partial charge in [-0.1, -0.05) is 26.7 Å². The molecule has 1 heterocycles. The van der Waals surface area contributed by atoms with Crippen LogP contribution in [-0.4, -0.2) is 64.2 Å². The quantitative estimate of drug-likeness (QED) is 0.460. The van der Waals surface area contributed by atoms with Crippen molar-refractivity contribution in [2.24, 2.45) is 5.92 Å². The molecule has 0 bridgehead atoms. The number of morpholine rings is 1. The van der Waals surface area contributed by atoms with Gasteiger partial charge >= 0.3 is 5.69 Å². The van der Waals surface area contributed by atoms with E-state index in [1.165, 1.54) is 19.2 Å². The van der Waals surface area contributed by atoms with Crippen molar-refractivity contribution in [3.05, 3.63) is 28.3 Å². The maximum atomic E-state index is 12.8. The monoisotopic (exact) mass is 415 g/mol. The second kappa shape index (κ2) is 10.1. The van der Waals surface area contributed by atoms with Crippen LogP contribution in [0.3, 0.4) is 0 Å². The third kappa shape index (κ3) is 5.40. The Morgan fingerprint density at radius 2 is 1.93 bits per heavy atom. The van der Waals surface area contributed by atoms with Crippen LogP contribution in [0.15, 0.2) is 23.1 Å². The number of methoxy groups -OCH3 is 1. The molecule has 1 aromatic carbocycles. The molecule has 0 radical (unpaired) electrons. The van der Waals surface area contributed by atoms with E-state index in [1.807, 2.05) is 0 Å². The molecule has 9 nitrogen and oxygen atoms in total. The van der Waals surface area contributed by atoms with Crippen molar-refractivity contribution in [1.82, 2.24) is 9.62 Å². The van der Waals surface area contributed by atoms with Gasteiger partial charge in [0.2, 0.25) is 10.0 Å². The van der Waals surface area contributed by atoms with Gasteiger partial charge in [-0.2, -0.15) is 0 Å². The maximum Gasteiger partial charge on any atom is 0.312 e. The van der Waals surface area contributed by atoms with Crippen molar-refractivity contribution in [3.8, 4) is 5.75 Å². The molecule has 1 unspecified atom stereocenters. The third-order valence-electron chi connectivity index (χ3n) is 5.25. The van der Waals surface area contributed by atoms with Crippen molar-refractivity contribution >= 4 is 15.7 Å². The molecule has 158 valence electrons. The second-order valence-corrected chi connectivity index (χ2v) is 8.50. The topological polar surface area (TPSA) is 111 Å². The van der Waals surface area contributed by atoms with Crippen LogP contribution in [0.4, 0.5) is 5.69 Å². The SMILES string of the molecule is CCC(CC)C(CNS(=O)(=O)c1ccc(OC)c([N+](=O)[O-])c1)N1CCOCC1. The largest absolute Gasteiger partial charge is 0.490 e. The predicted octanol–water partition coefficient (Wildman–Crippen LogP) is 2.02. The van der Waals surface area contributed by atoms with Crippen molar-refractivity contribution < 1.29 is 22.8 Å². The van der Waals surface area contributed by atoms with Crippen LogP contribution in [0, 0.1) is 16.0 Å². The van der Waals surface area contributed by atoms with Crippen molar-refractivity contribution in [1.29, 1.82) is 0 Å². The first-order valence-electron chi connectivity index (χ1n) is 9.47. The third-order valence-corrected chi connectivity index (χ3v) is 6.67. The van der Waals surface area contributed by atoms with Gasteiger partial charge in [-0.15, -0.1) is 0 Å². The minimum atomic E-state index is -3.89. The van der Waals surface area contributed by atoms with E-state index in [0.29, 0.717) is 19.1 Å². The number of hydrogen-bond acceptors (Lipinski definition) is 7. The molecule has 2 rings (SSSR count). The zero-order valence-electron chi connectivity index (χ0n) is 16.6. The van der Waals surface area contributed by atoms with Crippen molar-refractivity contribution in [2.45, 2.75) is 37.6 Å². The number of rotatable bonds is 10. The average molecular weight is 416 g/mol. The first-order valence-corrected chi connectivity index (χ1v) is 11.0. The van der Waals surface area contributed by atoms with Crippen LogP contribution in [-0.2, 0) is 14.8 Å². The number of nitro benzene ring substituents is 1. The van der Waals surface area contributed by atoms with E-state index in [2.05, 4.69) is 23.5 Å². The van der Waals surface area contributed by atoms with E-state index < -0.39 is 14.9 Å². The summed E-state index contributed by atoms with van der Waals surface area (Å²) in [5.74, 6) is 0.359. The molecule has 1 N–H and O–H groups in total. The molecule has 0 saturated carbocycles. The molecule has 1 aliphatic rings. The number of nitro groups is 1. The molecule has 1 aliphatic heterocycles. The number of nitrogens with zero attached hydrogens (tertiary/aromatic N) is 2. The molecule has 0 spiro atoms. The van der Waals surface area contributed by atoms with Gasteiger partial charge in [0.1, 0.15) is 0 Å². The van der Waals surface area contributed by atoms with Crippen LogP contribution < -0.4 is 9.46 Å². The summed E-state index contributed by atoms with van der Waals surface area (Å²) < 4.78 is 38.6. The maximum absolute atomic E-state index is 12.8. The molecular formula is C18H29N3O6S. The minimum Gasteiger partial charge on any atom is -0.490 e. The van der Waals surface area contributed by atoms with E-state index >= 15 is 0 Å². The molecule has 1 atom stereocenters. The van der Waals surface area contributed by atoms with E-state index in [4.69, 9.17) is 9.47 Å². The van der Waals surface area contributed by atoms with Crippen LogP contribution in [0.1, 0.15) is 26.7 Å². The predicted molar refractivity (Wildman–Crippen MR) is 105 cm³/mol. The number of nitrogens with one attached hydrogen (secondary N) is 1. The fourth-order valence-corrected chi connectivity index (χ4v) is 4.66. The van der Waals surface area contributed by atoms with Gasteiger partial charge in [-0.3, -0.25) is 15.0 Å². The van der Waals surface area contributed by atoms with Gasteiger partial charge in [0, 0.05) is 31.7 Å². The first-order chi connectivity index (χ1) is 13.3. The zero-order valence-corrected chi connectivity index (χ0v) is 17.4. The highest BCUT2D eigenvalue weighted by Crippen LogP contribution is 2.29. The Balaban J connectivity index is 2.21. The molecule has 1 fully saturated rings. The second-order valence-electron chi connectivity index (χ2n) is 6.73.